The zero-order chi connectivity index (χ0) is 22.3. The van der Waals surface area contributed by atoms with E-state index in [-0.39, 0.29) is 11.9 Å². The first-order valence-corrected chi connectivity index (χ1v) is 11.5. The lowest BCUT2D eigenvalue weighted by atomic mass is 10.0. The lowest BCUT2D eigenvalue weighted by Crippen LogP contribution is -2.43. The maximum atomic E-state index is 13.2. The van der Waals surface area contributed by atoms with Gasteiger partial charge in [0.25, 0.3) is 5.91 Å². The largest absolute Gasteiger partial charge is 0.493 e. The molecular weight excluding hydrogens is 424 g/mol. The molecule has 32 heavy (non-hydrogen) atoms. The van der Waals surface area contributed by atoms with Crippen LogP contribution < -0.4 is 14.8 Å². The number of nitrogens with zero attached hydrogens (tertiary/aromatic N) is 1. The molecule has 0 bridgehead atoms. The van der Waals surface area contributed by atoms with Crippen molar-refractivity contribution in [2.45, 2.75) is 6.04 Å². The molecule has 1 aliphatic rings. The molecule has 0 radical (unpaired) electrons. The van der Waals surface area contributed by atoms with Gasteiger partial charge in [-0.3, -0.25) is 9.69 Å². The highest BCUT2D eigenvalue weighted by molar-refractivity contribution is 7.12. The first-order valence-electron chi connectivity index (χ1n) is 10.7. The lowest BCUT2D eigenvalue weighted by molar-refractivity contribution is 0.0162. The van der Waals surface area contributed by atoms with Gasteiger partial charge in [0, 0.05) is 25.2 Å². The van der Waals surface area contributed by atoms with E-state index in [2.05, 4.69) is 10.2 Å². The van der Waals surface area contributed by atoms with E-state index in [4.69, 9.17) is 14.2 Å². The van der Waals surface area contributed by atoms with Gasteiger partial charge >= 0.3 is 0 Å². The van der Waals surface area contributed by atoms with Gasteiger partial charge in [-0.25, -0.2) is 0 Å². The van der Waals surface area contributed by atoms with Crippen LogP contribution in [-0.4, -0.2) is 57.9 Å². The third kappa shape index (κ3) is 4.96. The zero-order valence-electron chi connectivity index (χ0n) is 18.4. The fraction of sp³-hybridized carbons (Fsp3) is 0.320. The standard InChI is InChI=1S/C25H28N2O4S/c1-29-22-9-8-19(16-23(22)30-2)21(27-11-13-31-14-12-27)17-26-25(28)24-20(10-15-32-24)18-6-4-3-5-7-18/h3-10,15-16,21H,11-14,17H2,1-2H3,(H,26,28). The fourth-order valence-electron chi connectivity index (χ4n) is 4.01. The van der Waals surface area contributed by atoms with Crippen LogP contribution in [-0.2, 0) is 4.74 Å². The highest BCUT2D eigenvalue weighted by Gasteiger charge is 2.25. The van der Waals surface area contributed by atoms with Gasteiger partial charge in [-0.05, 0) is 34.7 Å². The maximum Gasteiger partial charge on any atom is 0.262 e. The Morgan fingerprint density at radius 2 is 1.81 bits per heavy atom. The molecule has 0 saturated carbocycles. The van der Waals surface area contributed by atoms with Crippen molar-refractivity contribution in [3.05, 3.63) is 70.4 Å². The van der Waals surface area contributed by atoms with Gasteiger partial charge in [-0.2, -0.15) is 0 Å². The average Bonchev–Trinajstić information content (AvgIpc) is 3.35. The molecule has 1 N–H and O–H groups in total. The van der Waals surface area contributed by atoms with Gasteiger partial charge in [-0.15, -0.1) is 11.3 Å². The summed E-state index contributed by atoms with van der Waals surface area (Å²) < 4.78 is 16.4. The Hall–Kier alpha value is -2.87. The highest BCUT2D eigenvalue weighted by Crippen LogP contribution is 2.33. The molecule has 2 heterocycles. The summed E-state index contributed by atoms with van der Waals surface area (Å²) in [6, 6.07) is 17.9. The minimum absolute atomic E-state index is 0.00259. The van der Waals surface area contributed by atoms with E-state index in [1.807, 2.05) is 60.0 Å². The summed E-state index contributed by atoms with van der Waals surface area (Å²) in [4.78, 5) is 16.2. The van der Waals surface area contributed by atoms with Crippen molar-refractivity contribution in [1.29, 1.82) is 0 Å². The van der Waals surface area contributed by atoms with Crippen LogP contribution in [0, 0.1) is 0 Å². The minimum atomic E-state index is -0.0578. The van der Waals surface area contributed by atoms with Crippen LogP contribution in [0.1, 0.15) is 21.3 Å². The number of carbonyl (C=O) groups excluding carboxylic acids is 1. The van der Waals surface area contributed by atoms with Crippen molar-refractivity contribution in [2.24, 2.45) is 0 Å². The van der Waals surface area contributed by atoms with E-state index in [1.54, 1.807) is 14.2 Å². The summed E-state index contributed by atoms with van der Waals surface area (Å²) >= 11 is 1.46. The van der Waals surface area contributed by atoms with Crippen molar-refractivity contribution < 1.29 is 19.0 Å². The van der Waals surface area contributed by atoms with Crippen LogP contribution in [0.3, 0.4) is 0 Å². The summed E-state index contributed by atoms with van der Waals surface area (Å²) in [5.41, 5.74) is 3.07. The smallest absolute Gasteiger partial charge is 0.262 e. The van der Waals surface area contributed by atoms with Crippen LogP contribution in [0.25, 0.3) is 11.1 Å². The Morgan fingerprint density at radius 3 is 2.53 bits per heavy atom. The molecule has 2 aromatic carbocycles. The first-order chi connectivity index (χ1) is 15.7. The number of benzene rings is 2. The number of hydrogen-bond acceptors (Lipinski definition) is 6. The summed E-state index contributed by atoms with van der Waals surface area (Å²) in [7, 11) is 3.26. The van der Waals surface area contributed by atoms with Crippen LogP contribution in [0.4, 0.5) is 0 Å². The number of hydrogen-bond donors (Lipinski definition) is 1. The molecule has 1 unspecified atom stereocenters. The van der Waals surface area contributed by atoms with Crippen molar-refractivity contribution in [3.8, 4) is 22.6 Å². The number of nitrogens with one attached hydrogen (secondary N) is 1. The molecule has 1 fully saturated rings. The van der Waals surface area contributed by atoms with Gasteiger partial charge in [0.2, 0.25) is 0 Å². The van der Waals surface area contributed by atoms with Crippen LogP contribution >= 0.6 is 11.3 Å². The van der Waals surface area contributed by atoms with E-state index in [9.17, 15) is 4.79 Å². The third-order valence-corrected chi connectivity index (χ3v) is 6.60. The molecule has 0 aliphatic carbocycles. The molecular formula is C25H28N2O4S. The summed E-state index contributed by atoms with van der Waals surface area (Å²) in [5, 5.41) is 5.14. The van der Waals surface area contributed by atoms with Crippen LogP contribution in [0.5, 0.6) is 11.5 Å². The van der Waals surface area contributed by atoms with Crippen LogP contribution in [0.2, 0.25) is 0 Å². The molecule has 1 aliphatic heterocycles. The molecule has 168 valence electrons. The second-order valence-corrected chi connectivity index (χ2v) is 8.43. The molecule has 1 aromatic heterocycles. The predicted molar refractivity (Wildman–Crippen MR) is 127 cm³/mol. The first kappa shape index (κ1) is 22.3. The Labute approximate surface area is 192 Å². The van der Waals surface area contributed by atoms with Gasteiger partial charge in [0.05, 0.1) is 38.4 Å². The molecule has 1 amide bonds. The molecule has 1 atom stereocenters. The topological polar surface area (TPSA) is 60.0 Å². The molecule has 3 aromatic rings. The van der Waals surface area contributed by atoms with Crippen molar-refractivity contribution in [2.75, 3.05) is 47.1 Å². The number of rotatable bonds is 8. The Morgan fingerprint density at radius 1 is 1.06 bits per heavy atom. The second kappa shape index (κ2) is 10.6. The molecule has 6 nitrogen and oxygen atoms in total. The van der Waals surface area contributed by atoms with E-state index in [1.165, 1.54) is 11.3 Å². The predicted octanol–water partition coefficient (Wildman–Crippen LogP) is 4.24. The van der Waals surface area contributed by atoms with Gasteiger partial charge in [0.1, 0.15) is 0 Å². The maximum absolute atomic E-state index is 13.2. The third-order valence-electron chi connectivity index (χ3n) is 5.69. The van der Waals surface area contributed by atoms with Crippen molar-refractivity contribution >= 4 is 17.2 Å². The monoisotopic (exact) mass is 452 g/mol. The second-order valence-electron chi connectivity index (χ2n) is 7.52. The van der Waals surface area contributed by atoms with Gasteiger partial charge in [0.15, 0.2) is 11.5 Å². The number of carbonyl (C=O) groups is 1. The average molecular weight is 453 g/mol. The fourth-order valence-corrected chi connectivity index (χ4v) is 4.84. The van der Waals surface area contributed by atoms with Gasteiger partial charge in [-0.1, -0.05) is 36.4 Å². The molecule has 1 saturated heterocycles. The van der Waals surface area contributed by atoms with E-state index < -0.39 is 0 Å². The number of morpholine rings is 1. The van der Waals surface area contributed by atoms with E-state index in [0.29, 0.717) is 31.3 Å². The van der Waals surface area contributed by atoms with Crippen LogP contribution in [0.15, 0.2) is 60.0 Å². The number of amides is 1. The van der Waals surface area contributed by atoms with Crippen molar-refractivity contribution in [1.82, 2.24) is 10.2 Å². The number of ether oxygens (including phenoxy) is 3. The van der Waals surface area contributed by atoms with Gasteiger partial charge < -0.3 is 19.5 Å². The Kier molecular flexibility index (Phi) is 7.42. The zero-order valence-corrected chi connectivity index (χ0v) is 19.2. The van der Waals surface area contributed by atoms with Crippen molar-refractivity contribution in [3.63, 3.8) is 0 Å². The summed E-state index contributed by atoms with van der Waals surface area (Å²) in [6.07, 6.45) is 0. The Balaban J connectivity index is 1.55. The number of methoxy groups -OCH3 is 2. The SMILES string of the molecule is COc1ccc(C(CNC(=O)c2sccc2-c2ccccc2)N2CCOCC2)cc1OC. The summed E-state index contributed by atoms with van der Waals surface area (Å²) in [5.74, 6) is 1.31. The molecule has 0 spiro atoms. The van der Waals surface area contributed by atoms with E-state index >= 15 is 0 Å². The lowest BCUT2D eigenvalue weighted by Gasteiger charge is -2.35. The number of thiophene rings is 1. The normalized spacial score (nSPS) is 15.2. The quantitative estimate of drug-likeness (QED) is 0.554. The Bertz CT molecular complexity index is 1030. The highest BCUT2D eigenvalue weighted by atomic mass is 32.1. The van der Waals surface area contributed by atoms with E-state index in [0.717, 1.165) is 34.7 Å². The molecule has 4 rings (SSSR count). The minimum Gasteiger partial charge on any atom is -0.493 e. The molecule has 7 heteroatoms. The summed E-state index contributed by atoms with van der Waals surface area (Å²) in [6.45, 7) is 3.47.